The zero-order valence-corrected chi connectivity index (χ0v) is 18.1. The number of benzene rings is 3. The fraction of sp³-hybridized carbons (Fsp3) is 0.120. The maximum Gasteiger partial charge on any atom is 0.300 e. The summed E-state index contributed by atoms with van der Waals surface area (Å²) in [5.74, 6) is -1.78. The number of ketones is 1. The van der Waals surface area contributed by atoms with Gasteiger partial charge in [-0.25, -0.2) is 0 Å². The lowest BCUT2D eigenvalue weighted by Crippen LogP contribution is -2.29. The van der Waals surface area contributed by atoms with E-state index in [4.69, 9.17) is 16.3 Å². The number of aromatic hydroxyl groups is 1. The van der Waals surface area contributed by atoms with Crippen molar-refractivity contribution >= 4 is 34.7 Å². The molecule has 2 N–H and O–H groups in total. The molecule has 1 aliphatic rings. The van der Waals surface area contributed by atoms with Gasteiger partial charge in [-0.15, -0.1) is 0 Å². The fourth-order valence-corrected chi connectivity index (χ4v) is 3.95. The Bertz CT molecular complexity index is 1250. The maximum atomic E-state index is 13.2. The first-order valence-corrected chi connectivity index (χ1v) is 10.2. The third kappa shape index (κ3) is 3.69. The molecule has 32 heavy (non-hydrogen) atoms. The number of aryl methyl sites for hydroxylation is 1. The van der Waals surface area contributed by atoms with Crippen LogP contribution in [-0.2, 0) is 9.59 Å². The van der Waals surface area contributed by atoms with Crippen molar-refractivity contribution in [3.05, 3.63) is 94.0 Å². The SMILES string of the molecule is COc1cc(C2/C(=C(/O)c3ccc(Cl)cc3)C(=O)C(=O)N2c2cccc(C)c2)ccc1O. The van der Waals surface area contributed by atoms with E-state index < -0.39 is 17.7 Å². The predicted molar refractivity (Wildman–Crippen MR) is 122 cm³/mol. The summed E-state index contributed by atoms with van der Waals surface area (Å²) < 4.78 is 5.22. The van der Waals surface area contributed by atoms with Gasteiger partial charge >= 0.3 is 0 Å². The molecule has 6 nitrogen and oxygen atoms in total. The van der Waals surface area contributed by atoms with E-state index in [2.05, 4.69) is 0 Å². The number of amides is 1. The average Bonchev–Trinajstić information content (AvgIpc) is 3.05. The molecule has 4 rings (SSSR count). The highest BCUT2D eigenvalue weighted by Gasteiger charge is 2.47. The lowest BCUT2D eigenvalue weighted by Gasteiger charge is -2.26. The molecule has 3 aromatic rings. The average molecular weight is 450 g/mol. The largest absolute Gasteiger partial charge is 0.507 e. The van der Waals surface area contributed by atoms with Crippen LogP contribution in [0.1, 0.15) is 22.7 Å². The minimum absolute atomic E-state index is 0.0634. The van der Waals surface area contributed by atoms with Crippen LogP contribution < -0.4 is 9.64 Å². The lowest BCUT2D eigenvalue weighted by atomic mass is 9.94. The Morgan fingerprint density at radius 1 is 1.03 bits per heavy atom. The highest BCUT2D eigenvalue weighted by atomic mass is 35.5. The number of phenolic OH excluding ortho intramolecular Hbond substituents is 1. The van der Waals surface area contributed by atoms with Crippen LogP contribution in [0.4, 0.5) is 5.69 Å². The second-order valence-electron chi connectivity index (χ2n) is 7.45. The normalized spacial score (nSPS) is 17.6. The van der Waals surface area contributed by atoms with Crippen LogP contribution >= 0.6 is 11.6 Å². The molecule has 1 fully saturated rings. The molecular formula is C25H20ClNO5. The Balaban J connectivity index is 1.97. The summed E-state index contributed by atoms with van der Waals surface area (Å²) in [6, 6.07) is 17.1. The lowest BCUT2D eigenvalue weighted by molar-refractivity contribution is -0.132. The molecule has 3 aromatic carbocycles. The molecule has 0 bridgehead atoms. The molecule has 1 aliphatic heterocycles. The molecule has 1 atom stereocenters. The van der Waals surface area contributed by atoms with Crippen LogP contribution in [0.15, 0.2) is 72.3 Å². The van der Waals surface area contributed by atoms with Gasteiger partial charge in [0.05, 0.1) is 18.7 Å². The number of carbonyl (C=O) groups is 2. The van der Waals surface area contributed by atoms with Crippen molar-refractivity contribution in [2.24, 2.45) is 0 Å². The molecule has 0 aromatic heterocycles. The van der Waals surface area contributed by atoms with Crippen molar-refractivity contribution in [1.29, 1.82) is 0 Å². The summed E-state index contributed by atoms with van der Waals surface area (Å²) in [5.41, 5.74) is 2.21. The monoisotopic (exact) mass is 449 g/mol. The first-order valence-electron chi connectivity index (χ1n) is 9.82. The van der Waals surface area contributed by atoms with Crippen molar-refractivity contribution in [3.8, 4) is 11.5 Å². The molecule has 1 unspecified atom stereocenters. The van der Waals surface area contributed by atoms with E-state index in [1.165, 1.54) is 18.1 Å². The Hall–Kier alpha value is -3.77. The Morgan fingerprint density at radius 2 is 1.75 bits per heavy atom. The number of phenols is 1. The summed E-state index contributed by atoms with van der Waals surface area (Å²) in [4.78, 5) is 27.6. The molecule has 0 spiro atoms. The van der Waals surface area contributed by atoms with Crippen LogP contribution in [0.25, 0.3) is 5.76 Å². The van der Waals surface area contributed by atoms with E-state index in [1.807, 2.05) is 13.0 Å². The topological polar surface area (TPSA) is 87.1 Å². The molecule has 7 heteroatoms. The van der Waals surface area contributed by atoms with Gasteiger partial charge in [-0.05, 0) is 66.6 Å². The fourth-order valence-electron chi connectivity index (χ4n) is 3.82. The van der Waals surface area contributed by atoms with Gasteiger partial charge in [0, 0.05) is 16.3 Å². The minimum Gasteiger partial charge on any atom is -0.507 e. The van der Waals surface area contributed by atoms with E-state index in [1.54, 1.807) is 54.6 Å². The summed E-state index contributed by atoms with van der Waals surface area (Å²) in [7, 11) is 1.41. The molecule has 0 saturated carbocycles. The highest BCUT2D eigenvalue weighted by Crippen LogP contribution is 2.44. The number of anilines is 1. The maximum absolute atomic E-state index is 13.2. The van der Waals surface area contributed by atoms with Crippen molar-refractivity contribution in [2.75, 3.05) is 12.0 Å². The van der Waals surface area contributed by atoms with E-state index in [9.17, 15) is 19.8 Å². The van der Waals surface area contributed by atoms with Gasteiger partial charge in [0.1, 0.15) is 5.76 Å². The van der Waals surface area contributed by atoms with Crippen LogP contribution in [-0.4, -0.2) is 29.0 Å². The van der Waals surface area contributed by atoms with Crippen LogP contribution in [0.5, 0.6) is 11.5 Å². The minimum atomic E-state index is -0.929. The highest BCUT2D eigenvalue weighted by molar-refractivity contribution is 6.51. The van der Waals surface area contributed by atoms with Crippen molar-refractivity contribution < 1.29 is 24.5 Å². The van der Waals surface area contributed by atoms with Gasteiger partial charge in [-0.3, -0.25) is 14.5 Å². The molecule has 1 heterocycles. The zero-order valence-electron chi connectivity index (χ0n) is 17.4. The van der Waals surface area contributed by atoms with Gasteiger partial charge in [0.25, 0.3) is 11.7 Å². The number of aliphatic hydroxyl groups excluding tert-OH is 1. The number of rotatable bonds is 4. The van der Waals surface area contributed by atoms with Crippen molar-refractivity contribution in [1.82, 2.24) is 0 Å². The second-order valence-corrected chi connectivity index (χ2v) is 7.88. The molecular weight excluding hydrogens is 430 g/mol. The Kier molecular flexibility index (Phi) is 5.63. The molecule has 1 amide bonds. The summed E-state index contributed by atoms with van der Waals surface area (Å²) in [6.45, 7) is 1.88. The Morgan fingerprint density at radius 3 is 2.41 bits per heavy atom. The van der Waals surface area contributed by atoms with E-state index in [0.29, 0.717) is 21.8 Å². The van der Waals surface area contributed by atoms with Crippen molar-refractivity contribution in [3.63, 3.8) is 0 Å². The van der Waals surface area contributed by atoms with Gasteiger partial charge in [-0.2, -0.15) is 0 Å². The number of methoxy groups -OCH3 is 1. The number of nitrogens with zero attached hydrogens (tertiary/aromatic N) is 1. The Labute approximate surface area is 189 Å². The van der Waals surface area contributed by atoms with Gasteiger partial charge in [0.2, 0.25) is 0 Å². The third-order valence-corrected chi connectivity index (χ3v) is 5.61. The standard InChI is InChI=1S/C25H20ClNO5/c1-14-4-3-5-18(12-14)27-22(16-8-11-19(28)20(13-16)32-2)21(24(30)25(27)31)23(29)15-6-9-17(26)10-7-15/h3-13,22,28-29H,1-2H3/b23-21-. The van der Waals surface area contributed by atoms with E-state index in [-0.39, 0.29) is 22.8 Å². The number of Topliss-reactive ketones (excluding diaryl/α,β-unsaturated/α-hetero) is 1. The number of hydrogen-bond donors (Lipinski definition) is 2. The summed E-state index contributed by atoms with van der Waals surface area (Å²) in [5, 5.41) is 21.6. The predicted octanol–water partition coefficient (Wildman–Crippen LogP) is 4.99. The smallest absolute Gasteiger partial charge is 0.300 e. The van der Waals surface area contributed by atoms with Crippen LogP contribution in [0, 0.1) is 6.92 Å². The first kappa shape index (κ1) is 21.5. The van der Waals surface area contributed by atoms with Gasteiger partial charge in [-0.1, -0.05) is 29.8 Å². The summed E-state index contributed by atoms with van der Waals surface area (Å²) >= 11 is 5.95. The quantitative estimate of drug-likeness (QED) is 0.333. The number of carbonyl (C=O) groups excluding carboxylic acids is 2. The van der Waals surface area contributed by atoms with Gasteiger partial charge < -0.3 is 14.9 Å². The second kappa shape index (κ2) is 8.40. The van der Waals surface area contributed by atoms with Crippen LogP contribution in [0.2, 0.25) is 5.02 Å². The molecule has 0 radical (unpaired) electrons. The van der Waals surface area contributed by atoms with Crippen LogP contribution in [0.3, 0.4) is 0 Å². The number of hydrogen-bond acceptors (Lipinski definition) is 5. The number of ether oxygens (including phenoxy) is 1. The third-order valence-electron chi connectivity index (χ3n) is 5.36. The van der Waals surface area contributed by atoms with E-state index >= 15 is 0 Å². The van der Waals surface area contributed by atoms with Crippen molar-refractivity contribution in [2.45, 2.75) is 13.0 Å². The number of halogens is 1. The van der Waals surface area contributed by atoms with Gasteiger partial charge in [0.15, 0.2) is 11.5 Å². The molecule has 162 valence electrons. The summed E-state index contributed by atoms with van der Waals surface area (Å²) in [6.07, 6.45) is 0. The number of aliphatic hydroxyl groups is 1. The first-order chi connectivity index (χ1) is 15.3. The molecule has 1 saturated heterocycles. The molecule has 0 aliphatic carbocycles. The van der Waals surface area contributed by atoms with E-state index in [0.717, 1.165) is 5.56 Å². The zero-order chi connectivity index (χ0) is 23.0.